The number of carbonyl (C=O) groups excluding carboxylic acids is 1. The normalized spacial score (nSPS) is 18.8. The molecule has 2 atom stereocenters. The summed E-state index contributed by atoms with van der Waals surface area (Å²) < 4.78 is 12.6. The number of allylic oxidation sites excluding steroid dienone is 1. The Hall–Kier alpha value is -3.25. The molecule has 1 aliphatic heterocycles. The van der Waals surface area contributed by atoms with Crippen molar-refractivity contribution in [3.8, 4) is 11.5 Å². The van der Waals surface area contributed by atoms with Crippen molar-refractivity contribution in [3.63, 3.8) is 0 Å². The fourth-order valence-corrected chi connectivity index (χ4v) is 5.88. The lowest BCUT2D eigenvalue weighted by Gasteiger charge is -2.30. The first-order valence-corrected chi connectivity index (χ1v) is 13.9. The van der Waals surface area contributed by atoms with Gasteiger partial charge in [-0.25, -0.2) is 0 Å². The van der Waals surface area contributed by atoms with Crippen LogP contribution in [0, 0.1) is 0 Å². The molecular weight excluding hydrogens is 528 g/mol. The zero-order valence-electron chi connectivity index (χ0n) is 21.6. The van der Waals surface area contributed by atoms with Crippen LogP contribution in [-0.4, -0.2) is 19.0 Å². The maximum atomic E-state index is 13.9. The van der Waals surface area contributed by atoms with Crippen LogP contribution in [-0.2, 0) is 11.2 Å². The molecule has 3 aromatic rings. The number of ketones is 1. The summed E-state index contributed by atoms with van der Waals surface area (Å²) >= 11 is 3.69. The van der Waals surface area contributed by atoms with Crippen LogP contribution >= 0.6 is 15.9 Å². The monoisotopic (exact) mass is 560 g/mol. The first-order chi connectivity index (χ1) is 18.0. The second-order valence-electron chi connectivity index (χ2n) is 9.46. The first kappa shape index (κ1) is 25.4. The number of anilines is 2. The van der Waals surface area contributed by atoms with Gasteiger partial charge in [0.25, 0.3) is 0 Å². The molecule has 1 heterocycles. The molecule has 5 rings (SSSR count). The number of carbonyl (C=O) groups is 1. The molecule has 0 bridgehead atoms. The van der Waals surface area contributed by atoms with Crippen LogP contribution in [0.25, 0.3) is 0 Å². The molecule has 0 radical (unpaired) electrons. The Morgan fingerprint density at radius 1 is 0.892 bits per heavy atom. The van der Waals surface area contributed by atoms with E-state index in [-0.39, 0.29) is 17.7 Å². The minimum atomic E-state index is -0.326. The van der Waals surface area contributed by atoms with Gasteiger partial charge < -0.3 is 20.1 Å². The van der Waals surface area contributed by atoms with E-state index in [1.54, 1.807) is 0 Å². The highest BCUT2D eigenvalue weighted by Gasteiger charge is 2.36. The molecule has 3 aromatic carbocycles. The maximum absolute atomic E-state index is 13.9. The van der Waals surface area contributed by atoms with Crippen LogP contribution in [0.15, 0.2) is 76.4 Å². The van der Waals surface area contributed by atoms with Gasteiger partial charge in [0.1, 0.15) is 0 Å². The van der Waals surface area contributed by atoms with Crippen molar-refractivity contribution in [1.82, 2.24) is 0 Å². The molecule has 37 heavy (non-hydrogen) atoms. The van der Waals surface area contributed by atoms with Crippen molar-refractivity contribution in [2.75, 3.05) is 23.8 Å². The number of para-hydroxylation sites is 2. The molecule has 1 aliphatic carbocycles. The second-order valence-corrected chi connectivity index (χ2v) is 10.3. The van der Waals surface area contributed by atoms with Crippen molar-refractivity contribution in [2.45, 2.75) is 52.0 Å². The predicted molar refractivity (Wildman–Crippen MR) is 153 cm³/mol. The van der Waals surface area contributed by atoms with Crippen LogP contribution in [0.2, 0.25) is 0 Å². The number of aryl methyl sites for hydroxylation is 1. The van der Waals surface area contributed by atoms with Gasteiger partial charge in [-0.15, -0.1) is 0 Å². The largest absolute Gasteiger partial charge is 0.490 e. The summed E-state index contributed by atoms with van der Waals surface area (Å²) in [7, 11) is 0. The SMILES string of the molecule is CCOc1cc(C2Nc3ccccc3NC3=C2C(=O)CC(c2ccc(CC)cc2)C3)cc(Br)c1OCC. The Kier molecular flexibility index (Phi) is 7.56. The lowest BCUT2D eigenvalue weighted by atomic mass is 9.78. The van der Waals surface area contributed by atoms with E-state index in [1.165, 1.54) is 11.1 Å². The van der Waals surface area contributed by atoms with Gasteiger partial charge in [0, 0.05) is 17.7 Å². The van der Waals surface area contributed by atoms with Crippen LogP contribution < -0.4 is 20.1 Å². The minimum Gasteiger partial charge on any atom is -0.490 e. The Morgan fingerprint density at radius 2 is 1.62 bits per heavy atom. The molecule has 0 saturated heterocycles. The number of hydrogen-bond donors (Lipinski definition) is 2. The topological polar surface area (TPSA) is 59.6 Å². The molecule has 2 N–H and O–H groups in total. The van der Waals surface area contributed by atoms with Crippen molar-refractivity contribution in [3.05, 3.63) is 93.1 Å². The van der Waals surface area contributed by atoms with E-state index in [2.05, 4.69) is 63.8 Å². The fourth-order valence-electron chi connectivity index (χ4n) is 5.31. The Morgan fingerprint density at radius 3 is 2.32 bits per heavy atom. The molecule has 0 aromatic heterocycles. The highest BCUT2D eigenvalue weighted by atomic mass is 79.9. The number of ether oxygens (including phenoxy) is 2. The summed E-state index contributed by atoms with van der Waals surface area (Å²) in [6.07, 6.45) is 2.26. The van der Waals surface area contributed by atoms with Crippen LogP contribution in [0.4, 0.5) is 11.4 Å². The molecule has 192 valence electrons. The summed E-state index contributed by atoms with van der Waals surface area (Å²) in [5.41, 5.74) is 7.17. The van der Waals surface area contributed by atoms with E-state index in [9.17, 15) is 4.79 Å². The number of Topliss-reactive ketones (excluding diaryl/α,β-unsaturated/α-hetero) is 1. The number of benzene rings is 3. The van der Waals surface area contributed by atoms with E-state index < -0.39 is 0 Å². The lowest BCUT2D eigenvalue weighted by Crippen LogP contribution is -2.27. The Balaban J connectivity index is 1.60. The van der Waals surface area contributed by atoms with E-state index in [4.69, 9.17) is 9.47 Å². The second kappa shape index (κ2) is 11.0. The Labute approximate surface area is 227 Å². The quantitative estimate of drug-likeness (QED) is 0.309. The zero-order chi connectivity index (χ0) is 25.9. The third-order valence-electron chi connectivity index (χ3n) is 7.12. The van der Waals surface area contributed by atoms with Crippen LogP contribution in [0.3, 0.4) is 0 Å². The number of halogens is 1. The number of fused-ring (bicyclic) bond motifs is 1. The molecule has 0 fully saturated rings. The van der Waals surface area contributed by atoms with Gasteiger partial charge in [0.05, 0.1) is 35.1 Å². The van der Waals surface area contributed by atoms with Crippen molar-refractivity contribution >= 4 is 33.1 Å². The summed E-state index contributed by atoms with van der Waals surface area (Å²) in [5, 5.41) is 7.29. The van der Waals surface area contributed by atoms with E-state index in [0.29, 0.717) is 31.1 Å². The third kappa shape index (κ3) is 5.12. The molecule has 0 spiro atoms. The molecular formula is C31H33BrN2O3. The van der Waals surface area contributed by atoms with E-state index in [0.717, 1.165) is 45.5 Å². The predicted octanol–water partition coefficient (Wildman–Crippen LogP) is 7.79. The summed E-state index contributed by atoms with van der Waals surface area (Å²) in [6, 6.07) is 20.5. The summed E-state index contributed by atoms with van der Waals surface area (Å²) in [6.45, 7) is 7.12. The van der Waals surface area contributed by atoms with Crippen molar-refractivity contribution in [2.24, 2.45) is 0 Å². The van der Waals surface area contributed by atoms with Gasteiger partial charge >= 0.3 is 0 Å². The molecule has 2 aliphatic rings. The van der Waals surface area contributed by atoms with Gasteiger partial charge in [-0.05, 0) is 89.5 Å². The van der Waals surface area contributed by atoms with Gasteiger partial charge in [-0.1, -0.05) is 43.3 Å². The number of rotatable bonds is 7. The summed E-state index contributed by atoms with van der Waals surface area (Å²) in [5.74, 6) is 1.65. The average molecular weight is 562 g/mol. The fraction of sp³-hybridized carbons (Fsp3) is 0.323. The average Bonchev–Trinajstić information content (AvgIpc) is 3.07. The zero-order valence-corrected chi connectivity index (χ0v) is 23.2. The third-order valence-corrected chi connectivity index (χ3v) is 7.71. The minimum absolute atomic E-state index is 0.140. The maximum Gasteiger partial charge on any atom is 0.175 e. The van der Waals surface area contributed by atoms with Gasteiger partial charge in [-0.3, -0.25) is 4.79 Å². The first-order valence-electron chi connectivity index (χ1n) is 13.1. The molecule has 0 amide bonds. The highest BCUT2D eigenvalue weighted by Crippen LogP contribution is 2.46. The van der Waals surface area contributed by atoms with Gasteiger partial charge in [-0.2, -0.15) is 0 Å². The van der Waals surface area contributed by atoms with Gasteiger partial charge in [0.2, 0.25) is 0 Å². The van der Waals surface area contributed by atoms with Crippen molar-refractivity contribution in [1.29, 1.82) is 0 Å². The Bertz CT molecular complexity index is 1330. The van der Waals surface area contributed by atoms with Gasteiger partial charge in [0.15, 0.2) is 17.3 Å². The molecule has 5 nitrogen and oxygen atoms in total. The molecule has 6 heteroatoms. The van der Waals surface area contributed by atoms with Crippen molar-refractivity contribution < 1.29 is 14.3 Å². The van der Waals surface area contributed by atoms with Crippen LogP contribution in [0.5, 0.6) is 11.5 Å². The van der Waals surface area contributed by atoms with Crippen LogP contribution in [0.1, 0.15) is 62.3 Å². The molecule has 0 saturated carbocycles. The molecule has 2 unspecified atom stereocenters. The lowest BCUT2D eigenvalue weighted by molar-refractivity contribution is -0.116. The number of nitrogens with one attached hydrogen (secondary N) is 2. The smallest absolute Gasteiger partial charge is 0.175 e. The standard InChI is InChI=1S/C31H33BrN2O3/c1-4-19-11-13-20(14-12-19)21-16-26-29(27(35)17-21)30(34-25-10-8-7-9-24(25)33-26)22-15-23(32)31(37-6-3)28(18-22)36-5-2/h7-15,18,21,30,33-34H,4-6,16-17H2,1-3H3. The van der Waals surface area contributed by atoms with E-state index in [1.807, 2.05) is 44.2 Å². The number of hydrogen-bond acceptors (Lipinski definition) is 5. The summed E-state index contributed by atoms with van der Waals surface area (Å²) in [4.78, 5) is 13.9. The van der Waals surface area contributed by atoms with E-state index >= 15 is 0 Å². The highest BCUT2D eigenvalue weighted by molar-refractivity contribution is 9.10.